The third kappa shape index (κ3) is 2.68. The molecule has 0 unspecified atom stereocenters. The molecule has 3 N–H and O–H groups in total. The Bertz CT molecular complexity index is 405. The van der Waals surface area contributed by atoms with Crippen LogP contribution in [-0.4, -0.2) is 30.7 Å². The van der Waals surface area contributed by atoms with Crippen LogP contribution in [0.3, 0.4) is 0 Å². The van der Waals surface area contributed by atoms with Gasteiger partial charge in [0, 0.05) is 27.2 Å². The molecule has 0 saturated heterocycles. The zero-order chi connectivity index (χ0) is 12.8. The molecule has 1 aromatic heterocycles. The van der Waals surface area contributed by atoms with Crippen LogP contribution in [0, 0.1) is 0 Å². The Kier molecular flexibility index (Phi) is 4.78. The van der Waals surface area contributed by atoms with Gasteiger partial charge in [0.25, 0.3) is 0 Å². The number of nitrogens with zero attached hydrogens (tertiary/aromatic N) is 2. The van der Waals surface area contributed by atoms with E-state index in [1.54, 1.807) is 0 Å². The summed E-state index contributed by atoms with van der Waals surface area (Å²) in [5.74, 6) is 1.70. The number of nitrogens with one attached hydrogen (secondary N) is 3. The summed E-state index contributed by atoms with van der Waals surface area (Å²) in [6.45, 7) is 9.19. The van der Waals surface area contributed by atoms with Crippen molar-refractivity contribution in [1.82, 2.24) is 20.2 Å². The van der Waals surface area contributed by atoms with Crippen LogP contribution in [0.1, 0.15) is 11.5 Å². The first-order chi connectivity index (χ1) is 8.19. The molecule has 5 heteroatoms. The molecule has 0 radical (unpaired) electrons. The second kappa shape index (κ2) is 6.10. The van der Waals surface area contributed by atoms with Crippen molar-refractivity contribution in [2.45, 2.75) is 13.1 Å². The third-order valence-corrected chi connectivity index (χ3v) is 2.54. The third-order valence-electron chi connectivity index (χ3n) is 2.54. The van der Waals surface area contributed by atoms with Gasteiger partial charge in [0.1, 0.15) is 5.82 Å². The lowest BCUT2D eigenvalue weighted by atomic mass is 10.4. The maximum atomic E-state index is 4.54. The monoisotopic (exact) mass is 235 g/mol. The first-order valence-corrected chi connectivity index (χ1v) is 5.59. The van der Waals surface area contributed by atoms with Gasteiger partial charge in [-0.1, -0.05) is 12.7 Å². The average molecular weight is 235 g/mol. The predicted molar refractivity (Wildman–Crippen MR) is 72.8 cm³/mol. The van der Waals surface area contributed by atoms with Gasteiger partial charge in [0.05, 0.1) is 11.4 Å². The summed E-state index contributed by atoms with van der Waals surface area (Å²) in [6, 6.07) is 0. The van der Waals surface area contributed by atoms with Gasteiger partial charge in [-0.15, -0.1) is 6.58 Å². The quantitative estimate of drug-likeness (QED) is 0.618. The second-order valence-corrected chi connectivity index (χ2v) is 3.64. The summed E-state index contributed by atoms with van der Waals surface area (Å²) in [7, 11) is 5.62. The molecular weight excluding hydrogens is 214 g/mol. The minimum absolute atomic E-state index is 0.710. The van der Waals surface area contributed by atoms with E-state index in [1.807, 2.05) is 27.2 Å². The van der Waals surface area contributed by atoms with Crippen LogP contribution in [0.2, 0.25) is 0 Å². The van der Waals surface area contributed by atoms with Crippen LogP contribution in [0.4, 0.5) is 5.82 Å². The Labute approximate surface area is 103 Å². The Balaban J connectivity index is 3.28. The molecule has 1 aromatic rings. The fourth-order valence-corrected chi connectivity index (χ4v) is 1.70. The number of anilines is 1. The fraction of sp³-hybridized carbons (Fsp3) is 0.417. The smallest absolute Gasteiger partial charge is 0.158 e. The second-order valence-electron chi connectivity index (χ2n) is 3.64. The van der Waals surface area contributed by atoms with Crippen molar-refractivity contribution in [2.24, 2.45) is 0 Å². The van der Waals surface area contributed by atoms with Gasteiger partial charge in [-0.05, 0) is 7.05 Å². The first-order valence-electron chi connectivity index (χ1n) is 5.59. The highest BCUT2D eigenvalue weighted by Crippen LogP contribution is 2.20. The average Bonchev–Trinajstić information content (AvgIpc) is 2.68. The molecule has 0 aliphatic carbocycles. The van der Waals surface area contributed by atoms with Crippen LogP contribution in [0.15, 0.2) is 19.2 Å². The zero-order valence-electron chi connectivity index (χ0n) is 10.8. The van der Waals surface area contributed by atoms with E-state index in [2.05, 4.69) is 38.7 Å². The lowest BCUT2D eigenvalue weighted by Gasteiger charge is -2.11. The molecule has 0 aliphatic heterocycles. The Hall–Kier alpha value is -1.75. The van der Waals surface area contributed by atoms with Gasteiger partial charge in [-0.2, -0.15) is 0 Å². The van der Waals surface area contributed by atoms with Crippen LogP contribution in [0.25, 0.3) is 5.70 Å². The van der Waals surface area contributed by atoms with E-state index in [0.29, 0.717) is 6.54 Å². The van der Waals surface area contributed by atoms with Crippen LogP contribution in [0.5, 0.6) is 0 Å². The molecule has 94 valence electrons. The van der Waals surface area contributed by atoms with Crippen molar-refractivity contribution < 1.29 is 0 Å². The summed E-state index contributed by atoms with van der Waals surface area (Å²) in [5, 5.41) is 9.27. The highest BCUT2D eigenvalue weighted by atomic mass is 15.2. The predicted octanol–water partition coefficient (Wildman–Crippen LogP) is 1.02. The first kappa shape index (κ1) is 13.3. The molecule has 0 bridgehead atoms. The number of rotatable bonds is 7. The van der Waals surface area contributed by atoms with Gasteiger partial charge in [-0.25, -0.2) is 4.98 Å². The largest absolute Gasteiger partial charge is 0.386 e. The van der Waals surface area contributed by atoms with E-state index in [-0.39, 0.29) is 0 Å². The summed E-state index contributed by atoms with van der Waals surface area (Å²) in [6.07, 6.45) is 1.85. The highest BCUT2D eigenvalue weighted by Gasteiger charge is 2.16. The van der Waals surface area contributed by atoms with E-state index in [1.165, 1.54) is 0 Å². The molecule has 0 amide bonds. The summed E-state index contributed by atoms with van der Waals surface area (Å²) in [4.78, 5) is 4.54. The van der Waals surface area contributed by atoms with Gasteiger partial charge in [-0.3, -0.25) is 0 Å². The number of allylic oxidation sites excluding steroid dienone is 1. The number of hydrogen-bond donors (Lipinski definition) is 3. The normalized spacial score (nSPS) is 10.1. The standard InChI is InChI=1S/C12H21N5/c1-6-7-17-10(8-13-3)11(15-5)16-12(17)9(2)14-4/h6,13-15H,1-2,7-8H2,3-5H3. The molecule has 1 heterocycles. The molecule has 1 rings (SSSR count). The van der Waals surface area contributed by atoms with Gasteiger partial charge in [0.15, 0.2) is 5.82 Å². The molecule has 0 aliphatic rings. The zero-order valence-corrected chi connectivity index (χ0v) is 10.8. The number of hydrogen-bond acceptors (Lipinski definition) is 4. The van der Waals surface area contributed by atoms with E-state index in [4.69, 9.17) is 0 Å². The van der Waals surface area contributed by atoms with Crippen molar-refractivity contribution in [3.8, 4) is 0 Å². The number of aromatic nitrogens is 2. The van der Waals surface area contributed by atoms with E-state index in [0.717, 1.165) is 29.6 Å². The molecule has 0 saturated carbocycles. The van der Waals surface area contributed by atoms with Gasteiger partial charge >= 0.3 is 0 Å². The Morgan fingerprint density at radius 2 is 2.12 bits per heavy atom. The summed E-state index contributed by atoms with van der Waals surface area (Å²) >= 11 is 0. The SMILES string of the molecule is C=CCn1c(C(=C)NC)nc(NC)c1CNC. The molecule has 0 fully saturated rings. The van der Waals surface area contributed by atoms with Crippen LogP contribution in [-0.2, 0) is 13.1 Å². The molecule has 0 aromatic carbocycles. The Morgan fingerprint density at radius 3 is 2.59 bits per heavy atom. The van der Waals surface area contributed by atoms with Crippen molar-refractivity contribution in [1.29, 1.82) is 0 Å². The van der Waals surface area contributed by atoms with E-state index < -0.39 is 0 Å². The van der Waals surface area contributed by atoms with Crippen LogP contribution < -0.4 is 16.0 Å². The minimum Gasteiger partial charge on any atom is -0.386 e. The number of imidazole rings is 1. The maximum Gasteiger partial charge on any atom is 0.158 e. The topological polar surface area (TPSA) is 53.9 Å². The maximum absolute atomic E-state index is 4.54. The fourth-order valence-electron chi connectivity index (χ4n) is 1.70. The lowest BCUT2D eigenvalue weighted by molar-refractivity contribution is 0.694. The highest BCUT2D eigenvalue weighted by molar-refractivity contribution is 5.60. The van der Waals surface area contributed by atoms with Gasteiger partial charge in [0.2, 0.25) is 0 Å². The van der Waals surface area contributed by atoms with Crippen molar-refractivity contribution in [2.75, 3.05) is 26.5 Å². The summed E-state index contributed by atoms with van der Waals surface area (Å²) in [5.41, 5.74) is 1.90. The van der Waals surface area contributed by atoms with Crippen molar-refractivity contribution >= 4 is 11.5 Å². The van der Waals surface area contributed by atoms with Crippen molar-refractivity contribution in [3.63, 3.8) is 0 Å². The summed E-state index contributed by atoms with van der Waals surface area (Å²) < 4.78 is 2.09. The van der Waals surface area contributed by atoms with Gasteiger partial charge < -0.3 is 20.5 Å². The van der Waals surface area contributed by atoms with Crippen LogP contribution >= 0.6 is 0 Å². The van der Waals surface area contributed by atoms with Crippen molar-refractivity contribution in [3.05, 3.63) is 30.8 Å². The molecule has 17 heavy (non-hydrogen) atoms. The lowest BCUT2D eigenvalue weighted by Crippen LogP contribution is -2.15. The molecular formula is C12H21N5. The van der Waals surface area contributed by atoms with E-state index in [9.17, 15) is 0 Å². The molecule has 0 spiro atoms. The molecule has 5 nitrogen and oxygen atoms in total. The molecule has 0 atom stereocenters. The Morgan fingerprint density at radius 1 is 1.41 bits per heavy atom. The van der Waals surface area contributed by atoms with E-state index >= 15 is 0 Å². The minimum atomic E-state index is 0.710.